The number of benzene rings is 2. The van der Waals surface area contributed by atoms with Gasteiger partial charge in [0.1, 0.15) is 0 Å². The van der Waals surface area contributed by atoms with Gasteiger partial charge in [-0.15, -0.1) is 0 Å². The second-order valence-corrected chi connectivity index (χ2v) is 3.79. The smallest absolute Gasteiger partial charge is 0.236 e. The Morgan fingerprint density at radius 2 is 1.81 bits per heavy atom. The van der Waals surface area contributed by atoms with Crippen molar-refractivity contribution in [3.63, 3.8) is 0 Å². The number of para-hydroxylation sites is 1. The van der Waals surface area contributed by atoms with Gasteiger partial charge in [0.15, 0.2) is 0 Å². The molecule has 0 unspecified atom stereocenters. The molecule has 0 saturated carbocycles. The molecule has 1 amide bonds. The van der Waals surface area contributed by atoms with Crippen molar-refractivity contribution in [1.82, 2.24) is 0 Å². The normalized spacial score (nSPS) is 14.0. The lowest BCUT2D eigenvalue weighted by Gasteiger charge is -2.17. The molecule has 0 N–H and O–H groups in total. The summed E-state index contributed by atoms with van der Waals surface area (Å²) in [6, 6.07) is 18.3. The van der Waals surface area contributed by atoms with Crippen molar-refractivity contribution >= 4 is 17.3 Å². The molecule has 0 saturated heterocycles. The van der Waals surface area contributed by atoms with E-state index in [2.05, 4.69) is 6.07 Å². The second-order valence-electron chi connectivity index (χ2n) is 3.79. The molecule has 2 nitrogen and oxygen atoms in total. The summed E-state index contributed by atoms with van der Waals surface area (Å²) in [5, 5.41) is 0. The van der Waals surface area contributed by atoms with Crippen molar-refractivity contribution in [2.75, 3.05) is 4.90 Å². The summed E-state index contributed by atoms with van der Waals surface area (Å²) in [6.45, 7) is 0. The van der Waals surface area contributed by atoms with Crippen molar-refractivity contribution < 1.29 is 4.79 Å². The largest absolute Gasteiger partial charge is 0.280 e. The molecule has 2 aromatic carbocycles. The molecule has 0 fully saturated rings. The van der Waals surface area contributed by atoms with E-state index in [1.807, 2.05) is 48.5 Å². The van der Waals surface area contributed by atoms with Gasteiger partial charge in [-0.3, -0.25) is 9.69 Å². The number of hydrogen-bond acceptors (Lipinski definition) is 1. The summed E-state index contributed by atoms with van der Waals surface area (Å²) >= 11 is 0. The third-order valence-electron chi connectivity index (χ3n) is 2.78. The van der Waals surface area contributed by atoms with Crippen molar-refractivity contribution in [3.8, 4) is 0 Å². The molecular formula is C14H10NO. The van der Waals surface area contributed by atoms with Gasteiger partial charge >= 0.3 is 0 Å². The zero-order valence-electron chi connectivity index (χ0n) is 8.68. The Bertz CT molecular complexity index is 533. The minimum Gasteiger partial charge on any atom is -0.280 e. The Hall–Kier alpha value is -2.09. The third-order valence-corrected chi connectivity index (χ3v) is 2.78. The molecular weight excluding hydrogens is 198 g/mol. The molecule has 16 heavy (non-hydrogen) atoms. The molecule has 1 aliphatic rings. The molecule has 0 aromatic heterocycles. The maximum absolute atomic E-state index is 11.9. The van der Waals surface area contributed by atoms with Crippen molar-refractivity contribution in [2.24, 2.45) is 0 Å². The summed E-state index contributed by atoms with van der Waals surface area (Å²) < 4.78 is 0. The summed E-state index contributed by atoms with van der Waals surface area (Å²) in [5.74, 6) is 0.132. The van der Waals surface area contributed by atoms with E-state index in [4.69, 9.17) is 0 Å². The summed E-state index contributed by atoms with van der Waals surface area (Å²) in [5.41, 5.74) is 3.01. The Labute approximate surface area is 94.1 Å². The summed E-state index contributed by atoms with van der Waals surface area (Å²) in [4.78, 5) is 13.7. The van der Waals surface area contributed by atoms with Gasteiger partial charge < -0.3 is 0 Å². The molecule has 3 rings (SSSR count). The maximum atomic E-state index is 11.9. The second kappa shape index (κ2) is 3.49. The van der Waals surface area contributed by atoms with Crippen LogP contribution in [-0.2, 0) is 11.2 Å². The van der Waals surface area contributed by atoms with E-state index in [-0.39, 0.29) is 5.91 Å². The van der Waals surface area contributed by atoms with Crippen LogP contribution in [0.5, 0.6) is 0 Å². The SMILES string of the molecule is O=C1Cc2ccccc2N1c1cc[c]cc1. The highest BCUT2D eigenvalue weighted by atomic mass is 16.2. The van der Waals surface area contributed by atoms with Gasteiger partial charge in [-0.25, -0.2) is 0 Å². The Balaban J connectivity index is 2.13. The van der Waals surface area contributed by atoms with Gasteiger partial charge in [0.05, 0.1) is 12.1 Å². The van der Waals surface area contributed by atoms with E-state index >= 15 is 0 Å². The lowest BCUT2D eigenvalue weighted by atomic mass is 10.2. The van der Waals surface area contributed by atoms with Gasteiger partial charge in [0.25, 0.3) is 0 Å². The predicted octanol–water partition coefficient (Wildman–Crippen LogP) is 2.71. The first-order valence-corrected chi connectivity index (χ1v) is 5.23. The molecule has 0 bridgehead atoms. The molecule has 77 valence electrons. The summed E-state index contributed by atoms with van der Waals surface area (Å²) in [7, 11) is 0. The van der Waals surface area contributed by atoms with E-state index in [9.17, 15) is 4.79 Å². The van der Waals surface area contributed by atoms with Crippen LogP contribution in [0.4, 0.5) is 11.4 Å². The first-order valence-electron chi connectivity index (χ1n) is 5.23. The Morgan fingerprint density at radius 3 is 2.62 bits per heavy atom. The van der Waals surface area contributed by atoms with Crippen LogP contribution >= 0.6 is 0 Å². The fourth-order valence-electron chi connectivity index (χ4n) is 2.07. The zero-order valence-corrected chi connectivity index (χ0v) is 8.68. The van der Waals surface area contributed by atoms with Crippen molar-refractivity contribution in [3.05, 3.63) is 60.2 Å². The molecule has 1 radical (unpaired) electrons. The number of carbonyl (C=O) groups excluding carboxylic acids is 1. The molecule has 0 atom stereocenters. The third kappa shape index (κ3) is 1.31. The number of rotatable bonds is 1. The van der Waals surface area contributed by atoms with Crippen molar-refractivity contribution in [1.29, 1.82) is 0 Å². The Kier molecular flexibility index (Phi) is 2.00. The maximum Gasteiger partial charge on any atom is 0.236 e. The average Bonchev–Trinajstić information content (AvgIpc) is 2.66. The minimum atomic E-state index is 0.132. The van der Waals surface area contributed by atoms with Crippen LogP contribution in [0, 0.1) is 6.07 Å². The number of carbonyl (C=O) groups is 1. The molecule has 0 spiro atoms. The van der Waals surface area contributed by atoms with Gasteiger partial charge in [0, 0.05) is 5.69 Å². The number of fused-ring (bicyclic) bond motifs is 1. The fourth-order valence-corrected chi connectivity index (χ4v) is 2.07. The van der Waals surface area contributed by atoms with Gasteiger partial charge in [-0.05, 0) is 29.8 Å². The van der Waals surface area contributed by atoms with Gasteiger partial charge in [-0.2, -0.15) is 0 Å². The van der Waals surface area contributed by atoms with Crippen LogP contribution in [0.15, 0.2) is 48.5 Å². The van der Waals surface area contributed by atoms with E-state index < -0.39 is 0 Å². The van der Waals surface area contributed by atoms with Crippen LogP contribution in [0.1, 0.15) is 5.56 Å². The number of nitrogens with zero attached hydrogens (tertiary/aromatic N) is 1. The van der Waals surface area contributed by atoms with Gasteiger partial charge in [0.2, 0.25) is 5.91 Å². The van der Waals surface area contributed by atoms with Crippen LogP contribution in [0.3, 0.4) is 0 Å². The highest BCUT2D eigenvalue weighted by molar-refractivity contribution is 6.07. The molecule has 2 heteroatoms. The molecule has 0 aliphatic carbocycles. The predicted molar refractivity (Wildman–Crippen MR) is 62.6 cm³/mol. The molecule has 1 aliphatic heterocycles. The van der Waals surface area contributed by atoms with Crippen LogP contribution in [0.25, 0.3) is 0 Å². The molecule has 2 aromatic rings. The Morgan fingerprint density at radius 1 is 1.06 bits per heavy atom. The first kappa shape index (κ1) is 9.16. The quantitative estimate of drug-likeness (QED) is 0.705. The number of hydrogen-bond donors (Lipinski definition) is 0. The number of amides is 1. The topological polar surface area (TPSA) is 20.3 Å². The van der Waals surface area contributed by atoms with Gasteiger partial charge in [-0.1, -0.05) is 30.3 Å². The number of anilines is 2. The van der Waals surface area contributed by atoms with E-state index in [1.165, 1.54) is 0 Å². The van der Waals surface area contributed by atoms with Crippen LogP contribution in [0.2, 0.25) is 0 Å². The summed E-state index contributed by atoms with van der Waals surface area (Å²) in [6.07, 6.45) is 0.495. The van der Waals surface area contributed by atoms with E-state index in [0.29, 0.717) is 6.42 Å². The first-order chi connectivity index (χ1) is 7.86. The fraction of sp³-hybridized carbons (Fsp3) is 0.0714. The van der Waals surface area contributed by atoms with E-state index in [0.717, 1.165) is 16.9 Å². The highest BCUT2D eigenvalue weighted by Gasteiger charge is 2.27. The molecule has 1 heterocycles. The lowest BCUT2D eigenvalue weighted by molar-refractivity contribution is -0.116. The monoisotopic (exact) mass is 208 g/mol. The standard InChI is InChI=1S/C14H10NO/c16-14-10-11-6-4-5-9-13(11)15(14)12-7-2-1-3-8-12/h2-9H,10H2. The zero-order chi connectivity index (χ0) is 11.0. The minimum absolute atomic E-state index is 0.132. The van der Waals surface area contributed by atoms with E-state index in [1.54, 1.807) is 4.90 Å². The van der Waals surface area contributed by atoms with Crippen molar-refractivity contribution in [2.45, 2.75) is 6.42 Å². The van der Waals surface area contributed by atoms with Crippen LogP contribution in [-0.4, -0.2) is 5.91 Å². The van der Waals surface area contributed by atoms with Crippen LogP contribution < -0.4 is 4.90 Å². The lowest BCUT2D eigenvalue weighted by Crippen LogP contribution is -2.20. The highest BCUT2D eigenvalue weighted by Crippen LogP contribution is 2.34. The average molecular weight is 208 g/mol.